The Balaban J connectivity index is 1.74. The van der Waals surface area contributed by atoms with Crippen molar-refractivity contribution in [3.8, 4) is 5.75 Å². The van der Waals surface area contributed by atoms with E-state index >= 15 is 0 Å². The molecule has 2 heterocycles. The fourth-order valence-corrected chi connectivity index (χ4v) is 5.12. The maximum Gasteiger partial charge on any atom is 0.293 e. The monoisotopic (exact) mass is 519 g/mol. The van der Waals surface area contributed by atoms with Crippen LogP contribution in [0.5, 0.6) is 5.75 Å². The number of methoxy groups -OCH3 is 1. The number of aromatic nitrogens is 1. The number of carbonyl (C=O) groups is 1. The molecule has 35 heavy (non-hydrogen) atoms. The van der Waals surface area contributed by atoms with Crippen LogP contribution < -0.4 is 14.5 Å². The fourth-order valence-electron chi connectivity index (χ4n) is 3.84. The van der Waals surface area contributed by atoms with Crippen LogP contribution in [0.15, 0.2) is 30.3 Å². The number of amides is 1. The summed E-state index contributed by atoms with van der Waals surface area (Å²) in [5.74, 6) is 0.176. The first-order valence-electron chi connectivity index (χ1n) is 11.0. The first kappa shape index (κ1) is 25.1. The van der Waals surface area contributed by atoms with Crippen molar-refractivity contribution in [2.75, 3.05) is 70.4 Å². The minimum Gasteiger partial charge on any atom is -0.494 e. The van der Waals surface area contributed by atoms with Crippen molar-refractivity contribution in [2.45, 2.75) is 0 Å². The number of thiazole rings is 1. The van der Waals surface area contributed by atoms with Crippen molar-refractivity contribution >= 4 is 55.6 Å². The summed E-state index contributed by atoms with van der Waals surface area (Å²) in [6.07, 6.45) is 0. The summed E-state index contributed by atoms with van der Waals surface area (Å²) >= 11 is 7.67. The zero-order chi connectivity index (χ0) is 25.1. The van der Waals surface area contributed by atoms with Gasteiger partial charge in [-0.1, -0.05) is 22.9 Å². The average Bonchev–Trinajstić information content (AvgIpc) is 3.30. The Hall–Kier alpha value is -2.99. The van der Waals surface area contributed by atoms with E-state index in [4.69, 9.17) is 21.1 Å². The number of morpholine rings is 1. The quantitative estimate of drug-likeness (QED) is 0.326. The third kappa shape index (κ3) is 5.32. The normalized spacial score (nSPS) is 13.9. The molecular formula is C23H26ClN5O5S. The zero-order valence-electron chi connectivity index (χ0n) is 19.7. The number of nitro groups is 1. The number of benzene rings is 2. The summed E-state index contributed by atoms with van der Waals surface area (Å²) in [6.45, 7) is 3.01. The second-order valence-electron chi connectivity index (χ2n) is 8.24. The maximum atomic E-state index is 13.7. The van der Waals surface area contributed by atoms with E-state index in [1.165, 1.54) is 22.3 Å². The van der Waals surface area contributed by atoms with Crippen molar-refractivity contribution < 1.29 is 19.2 Å². The van der Waals surface area contributed by atoms with Crippen LogP contribution in [0.1, 0.15) is 10.4 Å². The van der Waals surface area contributed by atoms with Gasteiger partial charge >= 0.3 is 0 Å². The molecule has 0 spiro atoms. The summed E-state index contributed by atoms with van der Waals surface area (Å²) in [4.78, 5) is 35.2. The van der Waals surface area contributed by atoms with Crippen LogP contribution in [0, 0.1) is 10.1 Å². The number of nitrogens with zero attached hydrogens (tertiary/aromatic N) is 5. The van der Waals surface area contributed by atoms with Gasteiger partial charge in [0.2, 0.25) is 0 Å². The van der Waals surface area contributed by atoms with Crippen molar-refractivity contribution in [3.63, 3.8) is 0 Å². The summed E-state index contributed by atoms with van der Waals surface area (Å²) in [5, 5.41) is 12.8. The minimum atomic E-state index is -0.450. The van der Waals surface area contributed by atoms with Gasteiger partial charge in [0, 0.05) is 37.8 Å². The Bertz CT molecular complexity index is 1240. The second kappa shape index (κ2) is 10.7. The van der Waals surface area contributed by atoms with E-state index in [-0.39, 0.29) is 17.2 Å². The molecule has 1 aromatic heterocycles. The van der Waals surface area contributed by atoms with Crippen molar-refractivity contribution in [2.24, 2.45) is 0 Å². The van der Waals surface area contributed by atoms with Crippen LogP contribution in [0.25, 0.3) is 10.2 Å². The summed E-state index contributed by atoms with van der Waals surface area (Å²) in [6, 6.07) is 8.07. The number of fused-ring (bicyclic) bond motifs is 1. The van der Waals surface area contributed by atoms with E-state index in [1.807, 2.05) is 23.9 Å². The van der Waals surface area contributed by atoms with Crippen LogP contribution in [0.3, 0.4) is 0 Å². The van der Waals surface area contributed by atoms with E-state index in [2.05, 4.69) is 4.98 Å². The first-order valence-corrected chi connectivity index (χ1v) is 12.2. The molecule has 186 valence electrons. The summed E-state index contributed by atoms with van der Waals surface area (Å²) in [5.41, 5.74) is 1.15. The van der Waals surface area contributed by atoms with Gasteiger partial charge < -0.3 is 19.3 Å². The molecule has 1 aliphatic rings. The lowest BCUT2D eigenvalue weighted by molar-refractivity contribution is -0.384. The highest BCUT2D eigenvalue weighted by molar-refractivity contribution is 7.23. The van der Waals surface area contributed by atoms with Crippen molar-refractivity contribution in [3.05, 3.63) is 51.0 Å². The van der Waals surface area contributed by atoms with Gasteiger partial charge in [0.25, 0.3) is 11.6 Å². The molecule has 0 N–H and O–H groups in total. The molecule has 1 aliphatic heterocycles. The van der Waals surface area contributed by atoms with Crippen LogP contribution in [-0.2, 0) is 4.74 Å². The summed E-state index contributed by atoms with van der Waals surface area (Å²) < 4.78 is 11.5. The standard InChI is InChI=1S/C23H26ClN5O5S/c1-26(2)8-9-28(23-25-20-19(33-3)7-5-16(24)21(20)35-23)22(30)15-4-6-17(18(14-15)29(31)32)27-10-12-34-13-11-27/h4-7,14H,8-13H2,1-3H3. The topological polar surface area (TPSA) is 101 Å². The second-order valence-corrected chi connectivity index (χ2v) is 9.63. The highest BCUT2D eigenvalue weighted by Crippen LogP contribution is 2.39. The van der Waals surface area contributed by atoms with E-state index < -0.39 is 4.92 Å². The van der Waals surface area contributed by atoms with Gasteiger partial charge in [-0.3, -0.25) is 19.8 Å². The molecule has 0 saturated carbocycles. The number of hydrogen-bond donors (Lipinski definition) is 0. The first-order chi connectivity index (χ1) is 16.8. The Morgan fingerprint density at radius 3 is 2.66 bits per heavy atom. The van der Waals surface area contributed by atoms with E-state index in [0.717, 1.165) is 0 Å². The SMILES string of the molecule is COc1ccc(Cl)c2sc(N(CCN(C)C)C(=O)c3ccc(N4CCOCC4)c([N+](=O)[O-])c3)nc12. The van der Waals surface area contributed by atoms with Crippen LogP contribution in [-0.4, -0.2) is 81.3 Å². The highest BCUT2D eigenvalue weighted by atomic mass is 35.5. The van der Waals surface area contributed by atoms with Crippen molar-refractivity contribution in [1.82, 2.24) is 9.88 Å². The number of carbonyl (C=O) groups excluding carboxylic acids is 1. The number of halogens is 1. The molecule has 12 heteroatoms. The van der Waals surface area contributed by atoms with E-state index in [1.54, 1.807) is 31.4 Å². The third-order valence-electron chi connectivity index (χ3n) is 5.68. The Morgan fingerprint density at radius 2 is 2.00 bits per heavy atom. The molecule has 0 bridgehead atoms. The maximum absolute atomic E-state index is 13.7. The highest BCUT2D eigenvalue weighted by Gasteiger charge is 2.27. The number of nitro benzene ring substituents is 1. The Kier molecular flexibility index (Phi) is 7.70. The molecule has 1 fully saturated rings. The van der Waals surface area contributed by atoms with Gasteiger partial charge in [-0.05, 0) is 38.4 Å². The molecule has 10 nitrogen and oxygen atoms in total. The van der Waals surface area contributed by atoms with Crippen LogP contribution in [0.2, 0.25) is 5.02 Å². The lowest BCUT2D eigenvalue weighted by Crippen LogP contribution is -2.37. The smallest absolute Gasteiger partial charge is 0.293 e. The van der Waals surface area contributed by atoms with E-state index in [0.29, 0.717) is 71.2 Å². The largest absolute Gasteiger partial charge is 0.494 e. The summed E-state index contributed by atoms with van der Waals surface area (Å²) in [7, 11) is 5.36. The molecule has 0 unspecified atom stereocenters. The van der Waals surface area contributed by atoms with Gasteiger partial charge in [0.1, 0.15) is 17.0 Å². The average molecular weight is 520 g/mol. The Morgan fingerprint density at radius 1 is 1.26 bits per heavy atom. The number of likely N-dealkylation sites (N-methyl/N-ethyl adjacent to an activating group) is 1. The van der Waals surface area contributed by atoms with E-state index in [9.17, 15) is 14.9 Å². The molecule has 1 saturated heterocycles. The molecule has 0 aliphatic carbocycles. The minimum absolute atomic E-state index is 0.112. The number of hydrogen-bond acceptors (Lipinski definition) is 9. The molecular weight excluding hydrogens is 494 g/mol. The molecule has 1 amide bonds. The lowest BCUT2D eigenvalue weighted by atomic mass is 10.1. The van der Waals surface area contributed by atoms with Gasteiger partial charge in [0.05, 0.1) is 35.0 Å². The zero-order valence-corrected chi connectivity index (χ0v) is 21.3. The van der Waals surface area contributed by atoms with Crippen molar-refractivity contribution in [1.29, 1.82) is 0 Å². The third-order valence-corrected chi connectivity index (χ3v) is 7.22. The molecule has 3 aromatic rings. The number of anilines is 2. The molecule has 0 atom stereocenters. The lowest BCUT2D eigenvalue weighted by Gasteiger charge is -2.28. The number of rotatable bonds is 8. The molecule has 0 radical (unpaired) electrons. The van der Waals surface area contributed by atoms with Gasteiger partial charge in [-0.2, -0.15) is 0 Å². The molecule has 2 aromatic carbocycles. The predicted molar refractivity (Wildman–Crippen MR) is 138 cm³/mol. The predicted octanol–water partition coefficient (Wildman–Crippen LogP) is 3.91. The molecule has 4 rings (SSSR count). The Labute approximate surface area is 211 Å². The number of ether oxygens (including phenoxy) is 2. The van der Waals surface area contributed by atoms with Gasteiger partial charge in [-0.25, -0.2) is 4.98 Å². The fraction of sp³-hybridized carbons (Fsp3) is 0.391. The van der Waals surface area contributed by atoms with Gasteiger partial charge in [-0.15, -0.1) is 0 Å². The van der Waals surface area contributed by atoms with Crippen LogP contribution >= 0.6 is 22.9 Å². The van der Waals surface area contributed by atoms with Crippen LogP contribution in [0.4, 0.5) is 16.5 Å². The van der Waals surface area contributed by atoms with Gasteiger partial charge in [0.15, 0.2) is 5.13 Å².